The number of rotatable bonds is 6. The Morgan fingerprint density at radius 2 is 1.96 bits per heavy atom. The summed E-state index contributed by atoms with van der Waals surface area (Å²) >= 11 is 1.26. The van der Waals surface area contributed by atoms with Gasteiger partial charge in [-0.1, -0.05) is 17.8 Å². The van der Waals surface area contributed by atoms with E-state index >= 15 is 0 Å². The molecule has 3 aromatic rings. The van der Waals surface area contributed by atoms with Crippen LogP contribution in [0.25, 0.3) is 5.69 Å². The lowest BCUT2D eigenvalue weighted by molar-refractivity contribution is -0.115. The maximum Gasteiger partial charge on any atom is 0.248 e. The van der Waals surface area contributed by atoms with Crippen molar-refractivity contribution < 1.29 is 14.0 Å². The van der Waals surface area contributed by atoms with E-state index in [0.29, 0.717) is 22.1 Å². The van der Waals surface area contributed by atoms with Gasteiger partial charge in [-0.15, -0.1) is 0 Å². The van der Waals surface area contributed by atoms with Gasteiger partial charge in [0.2, 0.25) is 11.8 Å². The Morgan fingerprint density at radius 1 is 1.22 bits per heavy atom. The number of anilines is 1. The summed E-state index contributed by atoms with van der Waals surface area (Å²) in [5.74, 6) is -1.09. The van der Waals surface area contributed by atoms with Gasteiger partial charge in [-0.05, 0) is 49.4 Å². The van der Waals surface area contributed by atoms with E-state index < -0.39 is 11.2 Å². The second-order valence-corrected chi connectivity index (χ2v) is 7.06. The maximum atomic E-state index is 13.5. The van der Waals surface area contributed by atoms with E-state index in [4.69, 9.17) is 5.73 Å². The first-order valence-corrected chi connectivity index (χ1v) is 8.98. The molecule has 0 aliphatic carbocycles. The van der Waals surface area contributed by atoms with Crippen molar-refractivity contribution in [1.82, 2.24) is 9.55 Å². The number of hydrogen-bond acceptors (Lipinski definition) is 4. The van der Waals surface area contributed by atoms with E-state index in [1.165, 1.54) is 23.9 Å². The highest BCUT2D eigenvalue weighted by Crippen LogP contribution is 2.25. The first-order chi connectivity index (χ1) is 12.9. The number of primary amides is 1. The molecule has 27 heavy (non-hydrogen) atoms. The smallest absolute Gasteiger partial charge is 0.248 e. The van der Waals surface area contributed by atoms with Crippen LogP contribution >= 0.6 is 11.8 Å². The molecule has 0 aliphatic heterocycles. The number of nitrogens with zero attached hydrogens (tertiary/aromatic N) is 2. The molecule has 3 rings (SSSR count). The van der Waals surface area contributed by atoms with E-state index in [0.717, 1.165) is 0 Å². The topological polar surface area (TPSA) is 90.0 Å². The number of benzene rings is 2. The molecule has 0 saturated heterocycles. The molecule has 0 aliphatic rings. The van der Waals surface area contributed by atoms with Gasteiger partial charge in [-0.3, -0.25) is 14.2 Å². The second kappa shape index (κ2) is 8.05. The summed E-state index contributed by atoms with van der Waals surface area (Å²) in [4.78, 5) is 27.8. The standard InChI is InChI=1S/C19H17FN4O2S/c1-12(18(26)23-15-7-5-13(6-8-15)17(21)25)27-19-22-9-10-24(19)16-4-2-3-14(20)11-16/h2-12H,1H3,(H2,21,25)(H,23,26)/t12-/m1/s1. The van der Waals surface area contributed by atoms with Crippen LogP contribution in [0.4, 0.5) is 10.1 Å². The molecular formula is C19H17FN4O2S. The van der Waals surface area contributed by atoms with Crippen LogP contribution in [-0.2, 0) is 4.79 Å². The first kappa shape index (κ1) is 18.7. The number of halogens is 1. The largest absolute Gasteiger partial charge is 0.366 e. The molecule has 1 atom stereocenters. The summed E-state index contributed by atoms with van der Waals surface area (Å²) < 4.78 is 15.2. The molecule has 0 spiro atoms. The van der Waals surface area contributed by atoms with Gasteiger partial charge in [0.25, 0.3) is 0 Å². The van der Waals surface area contributed by atoms with E-state index in [-0.39, 0.29) is 11.7 Å². The molecule has 138 valence electrons. The molecule has 2 amide bonds. The Morgan fingerprint density at radius 3 is 2.63 bits per heavy atom. The zero-order valence-corrected chi connectivity index (χ0v) is 15.2. The SMILES string of the molecule is C[C@@H](Sc1nccn1-c1cccc(F)c1)C(=O)Nc1ccc(C(N)=O)cc1. The van der Waals surface area contributed by atoms with E-state index in [1.54, 1.807) is 60.3 Å². The predicted octanol–water partition coefficient (Wildman–Crippen LogP) is 3.23. The average Bonchev–Trinajstić information content (AvgIpc) is 3.10. The molecule has 0 bridgehead atoms. The molecule has 0 saturated carbocycles. The minimum Gasteiger partial charge on any atom is -0.366 e. The van der Waals surface area contributed by atoms with Gasteiger partial charge in [-0.2, -0.15) is 0 Å². The fourth-order valence-electron chi connectivity index (χ4n) is 2.37. The number of thioether (sulfide) groups is 1. The molecule has 0 radical (unpaired) electrons. The van der Waals surface area contributed by atoms with Crippen LogP contribution in [0.2, 0.25) is 0 Å². The van der Waals surface area contributed by atoms with Crippen LogP contribution in [0.1, 0.15) is 17.3 Å². The zero-order valence-electron chi connectivity index (χ0n) is 14.4. The summed E-state index contributed by atoms with van der Waals surface area (Å²) in [7, 11) is 0. The number of aromatic nitrogens is 2. The van der Waals surface area contributed by atoms with Gasteiger partial charge >= 0.3 is 0 Å². The minimum absolute atomic E-state index is 0.222. The van der Waals surface area contributed by atoms with Crippen molar-refractivity contribution in [3.63, 3.8) is 0 Å². The fraction of sp³-hybridized carbons (Fsp3) is 0.105. The Balaban J connectivity index is 1.69. The van der Waals surface area contributed by atoms with E-state index in [1.807, 2.05) is 0 Å². The summed E-state index contributed by atoms with van der Waals surface area (Å²) in [5, 5.41) is 2.91. The number of amides is 2. The van der Waals surface area contributed by atoms with Crippen LogP contribution in [0, 0.1) is 5.82 Å². The van der Waals surface area contributed by atoms with Gasteiger partial charge in [0.1, 0.15) is 5.82 Å². The van der Waals surface area contributed by atoms with Gasteiger partial charge in [-0.25, -0.2) is 9.37 Å². The summed E-state index contributed by atoms with van der Waals surface area (Å²) in [5.41, 5.74) is 6.76. The molecule has 3 N–H and O–H groups in total. The highest BCUT2D eigenvalue weighted by atomic mass is 32.2. The first-order valence-electron chi connectivity index (χ1n) is 8.11. The van der Waals surface area contributed by atoms with Crippen LogP contribution in [-0.4, -0.2) is 26.6 Å². The number of hydrogen-bond donors (Lipinski definition) is 2. The van der Waals surface area contributed by atoms with Crippen molar-refractivity contribution in [2.75, 3.05) is 5.32 Å². The third-order valence-corrected chi connectivity index (χ3v) is 4.86. The number of carbonyl (C=O) groups is 2. The average molecular weight is 384 g/mol. The Hall–Kier alpha value is -3.13. The van der Waals surface area contributed by atoms with Crippen LogP contribution in [0.5, 0.6) is 0 Å². The van der Waals surface area contributed by atoms with Gasteiger partial charge in [0.15, 0.2) is 5.16 Å². The number of carbonyl (C=O) groups excluding carboxylic acids is 2. The third-order valence-electron chi connectivity index (χ3n) is 3.78. The zero-order chi connectivity index (χ0) is 19.4. The summed E-state index contributed by atoms with van der Waals surface area (Å²) in [6.07, 6.45) is 3.31. The van der Waals surface area contributed by atoms with E-state index in [9.17, 15) is 14.0 Å². The van der Waals surface area contributed by atoms with Gasteiger partial charge in [0.05, 0.1) is 10.9 Å². The normalized spacial score (nSPS) is 11.8. The van der Waals surface area contributed by atoms with Crippen molar-refractivity contribution in [2.45, 2.75) is 17.3 Å². The lowest BCUT2D eigenvalue weighted by Crippen LogP contribution is -2.23. The maximum absolute atomic E-state index is 13.5. The van der Waals surface area contributed by atoms with Crippen LogP contribution in [0.3, 0.4) is 0 Å². The summed E-state index contributed by atoms with van der Waals surface area (Å²) in [6, 6.07) is 12.5. The number of imidazole rings is 1. The second-order valence-electron chi connectivity index (χ2n) is 5.75. The summed E-state index contributed by atoms with van der Waals surface area (Å²) in [6.45, 7) is 1.75. The number of nitrogens with one attached hydrogen (secondary N) is 1. The van der Waals surface area contributed by atoms with Crippen molar-refractivity contribution in [3.05, 3.63) is 72.3 Å². The molecule has 0 unspecified atom stereocenters. The molecule has 6 nitrogen and oxygen atoms in total. The highest BCUT2D eigenvalue weighted by Gasteiger charge is 2.18. The van der Waals surface area contributed by atoms with Gasteiger partial charge in [0, 0.05) is 23.6 Å². The molecule has 1 aromatic heterocycles. The van der Waals surface area contributed by atoms with Crippen molar-refractivity contribution in [3.8, 4) is 5.69 Å². The lowest BCUT2D eigenvalue weighted by atomic mass is 10.2. The highest BCUT2D eigenvalue weighted by molar-refractivity contribution is 8.00. The predicted molar refractivity (Wildman–Crippen MR) is 102 cm³/mol. The fourth-order valence-corrected chi connectivity index (χ4v) is 3.26. The quantitative estimate of drug-likeness (QED) is 0.639. The monoisotopic (exact) mass is 384 g/mol. The third kappa shape index (κ3) is 4.53. The van der Waals surface area contributed by atoms with E-state index in [2.05, 4.69) is 10.3 Å². The van der Waals surface area contributed by atoms with Gasteiger partial charge < -0.3 is 11.1 Å². The molecule has 8 heteroatoms. The van der Waals surface area contributed by atoms with Crippen molar-refractivity contribution >= 4 is 29.3 Å². The van der Waals surface area contributed by atoms with Crippen LogP contribution < -0.4 is 11.1 Å². The Bertz CT molecular complexity index is 972. The molecule has 1 heterocycles. The molecule has 0 fully saturated rings. The number of nitrogens with two attached hydrogens (primary N) is 1. The molecular weight excluding hydrogens is 367 g/mol. The Kier molecular flexibility index (Phi) is 5.56. The lowest BCUT2D eigenvalue weighted by Gasteiger charge is -2.13. The minimum atomic E-state index is -0.527. The van der Waals surface area contributed by atoms with Crippen molar-refractivity contribution in [2.24, 2.45) is 5.73 Å². The van der Waals surface area contributed by atoms with Crippen molar-refractivity contribution in [1.29, 1.82) is 0 Å². The Labute approximate surface area is 159 Å². The molecule has 2 aromatic carbocycles. The van der Waals surface area contributed by atoms with Crippen LogP contribution in [0.15, 0.2) is 66.1 Å².